The first-order valence-electron chi connectivity index (χ1n) is 7.19. The first-order chi connectivity index (χ1) is 8.43. The number of hydrogen-bond donors (Lipinski definition) is 1. The van der Waals surface area contributed by atoms with Crippen LogP contribution in [0.2, 0.25) is 0 Å². The van der Waals surface area contributed by atoms with Crippen molar-refractivity contribution in [1.82, 2.24) is 5.32 Å². The van der Waals surface area contributed by atoms with E-state index in [0.29, 0.717) is 0 Å². The summed E-state index contributed by atoms with van der Waals surface area (Å²) >= 11 is 0. The fraction of sp³-hybridized carbons (Fsp3) is 0.625. The molecule has 0 radical (unpaired) electrons. The average Bonchev–Trinajstić information content (AvgIpc) is 3.18. The summed E-state index contributed by atoms with van der Waals surface area (Å²) in [5.74, 6) is 2.89. The van der Waals surface area contributed by atoms with Crippen molar-refractivity contribution in [2.45, 2.75) is 38.0 Å². The molecule has 1 aliphatic heterocycles. The van der Waals surface area contributed by atoms with Gasteiger partial charge in [-0.2, -0.15) is 0 Å². The van der Waals surface area contributed by atoms with Gasteiger partial charge in [0, 0.05) is 0 Å². The normalized spacial score (nSPS) is 29.2. The van der Waals surface area contributed by atoms with Crippen LogP contribution in [0.5, 0.6) is 0 Å². The summed E-state index contributed by atoms with van der Waals surface area (Å²) in [6, 6.07) is 11.1. The summed E-state index contributed by atoms with van der Waals surface area (Å²) < 4.78 is 0. The molecule has 1 N–H and O–H groups in total. The first-order valence-corrected chi connectivity index (χ1v) is 7.19. The molecule has 0 amide bonds. The molecular weight excluding hydrogens is 206 g/mol. The van der Waals surface area contributed by atoms with Crippen molar-refractivity contribution in [3.63, 3.8) is 0 Å². The fourth-order valence-corrected chi connectivity index (χ4v) is 3.30. The van der Waals surface area contributed by atoms with E-state index in [0.717, 1.165) is 17.8 Å². The highest BCUT2D eigenvalue weighted by Crippen LogP contribution is 2.50. The summed E-state index contributed by atoms with van der Waals surface area (Å²) in [6.45, 7) is 2.49. The maximum absolute atomic E-state index is 3.45. The smallest absolute Gasteiger partial charge is 0.00463 e. The quantitative estimate of drug-likeness (QED) is 0.832. The molecule has 1 nitrogen and oxygen atoms in total. The monoisotopic (exact) mass is 229 g/mol. The number of nitrogens with one attached hydrogen (secondary N) is 1. The van der Waals surface area contributed by atoms with E-state index in [1.165, 1.54) is 45.2 Å². The van der Waals surface area contributed by atoms with Crippen molar-refractivity contribution in [3.8, 4) is 0 Å². The molecule has 2 atom stereocenters. The molecule has 3 rings (SSSR count). The number of benzene rings is 1. The molecule has 0 spiro atoms. The lowest BCUT2D eigenvalue weighted by atomic mass is 9.91. The predicted octanol–water partition coefficient (Wildman–Crippen LogP) is 3.57. The van der Waals surface area contributed by atoms with Gasteiger partial charge in [0.15, 0.2) is 0 Å². The molecule has 1 aromatic carbocycles. The van der Waals surface area contributed by atoms with Gasteiger partial charge in [-0.25, -0.2) is 0 Å². The van der Waals surface area contributed by atoms with Gasteiger partial charge >= 0.3 is 0 Å². The fourth-order valence-electron chi connectivity index (χ4n) is 3.30. The molecule has 2 aliphatic rings. The molecule has 1 saturated heterocycles. The van der Waals surface area contributed by atoms with Crippen molar-refractivity contribution in [2.75, 3.05) is 13.1 Å². The second-order valence-corrected chi connectivity index (χ2v) is 5.78. The first kappa shape index (κ1) is 11.3. The van der Waals surface area contributed by atoms with Crippen LogP contribution in [0.4, 0.5) is 0 Å². The second kappa shape index (κ2) is 5.22. The van der Waals surface area contributed by atoms with Crippen LogP contribution in [0.3, 0.4) is 0 Å². The second-order valence-electron chi connectivity index (χ2n) is 5.78. The third-order valence-electron chi connectivity index (χ3n) is 4.55. The summed E-state index contributed by atoms with van der Waals surface area (Å²) in [5, 5.41) is 3.45. The van der Waals surface area contributed by atoms with Gasteiger partial charge in [0.2, 0.25) is 0 Å². The minimum absolute atomic E-state index is 0.887. The largest absolute Gasteiger partial charge is 0.317 e. The number of rotatable bonds is 4. The van der Waals surface area contributed by atoms with Gasteiger partial charge in [-0.1, -0.05) is 36.8 Å². The van der Waals surface area contributed by atoms with E-state index in [2.05, 4.69) is 35.6 Å². The molecule has 1 aliphatic carbocycles. The Labute approximate surface area is 105 Å². The van der Waals surface area contributed by atoms with Crippen molar-refractivity contribution in [2.24, 2.45) is 11.8 Å². The number of piperidine rings is 1. The summed E-state index contributed by atoms with van der Waals surface area (Å²) in [7, 11) is 0. The van der Waals surface area contributed by atoms with Crippen molar-refractivity contribution in [3.05, 3.63) is 35.9 Å². The van der Waals surface area contributed by atoms with Crippen LogP contribution in [0.1, 0.15) is 43.6 Å². The third kappa shape index (κ3) is 2.90. The Morgan fingerprint density at radius 2 is 1.76 bits per heavy atom. The van der Waals surface area contributed by atoms with Crippen LogP contribution in [0.25, 0.3) is 0 Å². The van der Waals surface area contributed by atoms with Gasteiger partial charge < -0.3 is 5.32 Å². The van der Waals surface area contributed by atoms with Crippen LogP contribution in [-0.4, -0.2) is 13.1 Å². The Balaban J connectivity index is 1.43. The molecule has 0 aromatic heterocycles. The highest BCUT2D eigenvalue weighted by atomic mass is 14.9. The lowest BCUT2D eigenvalue weighted by molar-refractivity contribution is 0.340. The molecule has 1 unspecified atom stereocenters. The standard InChI is InChI=1S/C16H23N/c1-2-4-14(5-3-1)16-12-15(16)7-6-13-8-10-17-11-9-13/h1-5,13,15-17H,6-12H2/t15-,16?/m1/s1. The molecule has 1 saturated carbocycles. The zero-order valence-electron chi connectivity index (χ0n) is 10.6. The van der Waals surface area contributed by atoms with E-state index in [1.807, 2.05) is 0 Å². The Morgan fingerprint density at radius 3 is 2.53 bits per heavy atom. The van der Waals surface area contributed by atoms with E-state index < -0.39 is 0 Å². The Bertz CT molecular complexity index is 340. The van der Waals surface area contributed by atoms with E-state index in [1.54, 1.807) is 5.56 Å². The van der Waals surface area contributed by atoms with E-state index in [4.69, 9.17) is 0 Å². The van der Waals surface area contributed by atoms with E-state index >= 15 is 0 Å². The molecule has 1 heteroatoms. The maximum atomic E-state index is 3.45. The maximum Gasteiger partial charge on any atom is -0.00463 e. The Morgan fingerprint density at radius 1 is 1.00 bits per heavy atom. The highest BCUT2D eigenvalue weighted by molar-refractivity contribution is 5.25. The summed E-state index contributed by atoms with van der Waals surface area (Å²) in [4.78, 5) is 0. The predicted molar refractivity (Wildman–Crippen MR) is 72.1 cm³/mol. The summed E-state index contributed by atoms with van der Waals surface area (Å²) in [5.41, 5.74) is 1.57. The molecule has 0 bridgehead atoms. The lowest BCUT2D eigenvalue weighted by Gasteiger charge is -2.22. The Kier molecular flexibility index (Phi) is 3.46. The molecule has 92 valence electrons. The minimum atomic E-state index is 0.887. The number of hydrogen-bond acceptors (Lipinski definition) is 1. The highest BCUT2D eigenvalue weighted by Gasteiger charge is 2.37. The van der Waals surface area contributed by atoms with Gasteiger partial charge in [0.05, 0.1) is 0 Å². The van der Waals surface area contributed by atoms with Gasteiger partial charge in [-0.3, -0.25) is 0 Å². The van der Waals surface area contributed by atoms with Crippen molar-refractivity contribution >= 4 is 0 Å². The summed E-state index contributed by atoms with van der Waals surface area (Å²) in [6.07, 6.45) is 7.18. The van der Waals surface area contributed by atoms with Crippen LogP contribution in [0, 0.1) is 11.8 Å². The minimum Gasteiger partial charge on any atom is -0.317 e. The van der Waals surface area contributed by atoms with Gasteiger partial charge in [0.1, 0.15) is 0 Å². The third-order valence-corrected chi connectivity index (χ3v) is 4.55. The van der Waals surface area contributed by atoms with Crippen molar-refractivity contribution in [1.29, 1.82) is 0 Å². The van der Waals surface area contributed by atoms with Crippen LogP contribution in [-0.2, 0) is 0 Å². The van der Waals surface area contributed by atoms with Crippen molar-refractivity contribution < 1.29 is 0 Å². The topological polar surface area (TPSA) is 12.0 Å². The van der Waals surface area contributed by atoms with Gasteiger partial charge in [-0.05, 0) is 62.1 Å². The van der Waals surface area contributed by atoms with Crippen LogP contribution in [0.15, 0.2) is 30.3 Å². The molecule has 1 aromatic rings. The molecule has 1 heterocycles. The van der Waals surface area contributed by atoms with Crippen LogP contribution < -0.4 is 5.32 Å². The zero-order valence-corrected chi connectivity index (χ0v) is 10.6. The molecule has 17 heavy (non-hydrogen) atoms. The van der Waals surface area contributed by atoms with E-state index in [-0.39, 0.29) is 0 Å². The van der Waals surface area contributed by atoms with Gasteiger partial charge in [0.25, 0.3) is 0 Å². The average molecular weight is 229 g/mol. The molecule has 2 fully saturated rings. The Hall–Kier alpha value is -0.820. The van der Waals surface area contributed by atoms with Gasteiger partial charge in [-0.15, -0.1) is 0 Å². The van der Waals surface area contributed by atoms with Crippen LogP contribution >= 0.6 is 0 Å². The SMILES string of the molecule is c1ccc(C2C[C@H]2CCC2CCNCC2)cc1. The van der Waals surface area contributed by atoms with E-state index in [9.17, 15) is 0 Å². The zero-order chi connectivity index (χ0) is 11.5. The molecular formula is C16H23N. The lowest BCUT2D eigenvalue weighted by Crippen LogP contribution is -2.27.